The fourth-order valence-corrected chi connectivity index (χ4v) is 1.99. The molecule has 0 aliphatic heterocycles. The van der Waals surface area contributed by atoms with E-state index < -0.39 is 11.9 Å². The maximum atomic E-state index is 11.2. The molecule has 0 spiro atoms. The minimum Gasteiger partial charge on any atom is -0.466 e. The number of methoxy groups -OCH3 is 1. The summed E-state index contributed by atoms with van der Waals surface area (Å²) in [5.41, 5.74) is 5.67. The van der Waals surface area contributed by atoms with E-state index in [1.807, 2.05) is 0 Å². The Morgan fingerprint density at radius 3 is 2.33 bits per heavy atom. The Kier molecular flexibility index (Phi) is 4.34. The monoisotopic (exact) mass is 211 g/mol. The molecule has 0 heterocycles. The second kappa shape index (κ2) is 5.53. The summed E-state index contributed by atoms with van der Waals surface area (Å²) in [6.45, 7) is 0. The van der Waals surface area contributed by atoms with Crippen LogP contribution in [0.3, 0.4) is 0 Å². The number of esters is 1. The number of carbonyl (C=O) groups excluding carboxylic acids is 2. The van der Waals surface area contributed by atoms with Crippen LogP contribution in [0.5, 0.6) is 0 Å². The average molecular weight is 211 g/mol. The molecule has 0 aromatic rings. The highest BCUT2D eigenvalue weighted by molar-refractivity contribution is 5.98. The Balaban J connectivity index is 2.76. The third-order valence-corrected chi connectivity index (χ3v) is 2.80. The largest absolute Gasteiger partial charge is 0.466 e. The molecule has 0 aromatic carbocycles. The molecule has 0 bridgehead atoms. The van der Waals surface area contributed by atoms with Crippen LogP contribution in [0.2, 0.25) is 0 Å². The summed E-state index contributed by atoms with van der Waals surface area (Å²) in [5, 5.41) is 0. The molecule has 0 unspecified atom stereocenters. The van der Waals surface area contributed by atoms with Crippen molar-refractivity contribution in [2.75, 3.05) is 7.11 Å². The molecule has 1 aliphatic rings. The maximum Gasteiger partial charge on any atom is 0.330 e. The van der Waals surface area contributed by atoms with E-state index in [9.17, 15) is 9.59 Å². The fourth-order valence-electron chi connectivity index (χ4n) is 1.99. The zero-order valence-electron chi connectivity index (χ0n) is 8.99. The smallest absolute Gasteiger partial charge is 0.330 e. The van der Waals surface area contributed by atoms with Gasteiger partial charge >= 0.3 is 5.97 Å². The Morgan fingerprint density at radius 1 is 1.27 bits per heavy atom. The molecule has 84 valence electrons. The third kappa shape index (κ3) is 3.38. The van der Waals surface area contributed by atoms with E-state index in [1.165, 1.54) is 19.6 Å². The molecule has 2 N–H and O–H groups in total. The lowest BCUT2D eigenvalue weighted by Gasteiger charge is -2.22. The van der Waals surface area contributed by atoms with Gasteiger partial charge in [0.25, 0.3) is 0 Å². The number of hydrogen-bond acceptors (Lipinski definition) is 3. The first-order chi connectivity index (χ1) is 7.15. The number of nitrogens with two attached hydrogens (primary N) is 1. The Morgan fingerprint density at radius 2 is 1.87 bits per heavy atom. The van der Waals surface area contributed by atoms with Crippen molar-refractivity contribution in [2.45, 2.75) is 32.1 Å². The standard InChI is InChI=1S/C11H17NO3/c1-15-10(13)7-9(11(12)14)8-5-3-2-4-6-8/h7-8H,2-6H2,1H3,(H2,12,14)/b9-7-. The zero-order chi connectivity index (χ0) is 11.3. The number of rotatable bonds is 3. The van der Waals surface area contributed by atoms with Crippen LogP contribution in [0.1, 0.15) is 32.1 Å². The summed E-state index contributed by atoms with van der Waals surface area (Å²) in [5.74, 6) is -0.878. The normalized spacial score (nSPS) is 18.6. The number of primary amides is 1. The van der Waals surface area contributed by atoms with Crippen molar-refractivity contribution in [3.63, 3.8) is 0 Å². The molecule has 1 fully saturated rings. The lowest BCUT2D eigenvalue weighted by atomic mass is 9.83. The first-order valence-electron chi connectivity index (χ1n) is 5.24. The predicted octanol–water partition coefficient (Wildman–Crippen LogP) is 1.15. The summed E-state index contributed by atoms with van der Waals surface area (Å²) < 4.78 is 4.50. The molecule has 0 aromatic heterocycles. The van der Waals surface area contributed by atoms with Gasteiger partial charge in [0.05, 0.1) is 7.11 Å². The molecule has 1 amide bonds. The lowest BCUT2D eigenvalue weighted by Crippen LogP contribution is -2.23. The zero-order valence-corrected chi connectivity index (χ0v) is 8.99. The van der Waals surface area contributed by atoms with E-state index in [2.05, 4.69) is 4.74 Å². The number of amides is 1. The average Bonchev–Trinajstić information content (AvgIpc) is 2.26. The van der Waals surface area contributed by atoms with Crippen LogP contribution in [0, 0.1) is 5.92 Å². The second-order valence-electron chi connectivity index (χ2n) is 3.82. The van der Waals surface area contributed by atoms with Gasteiger partial charge in [-0.2, -0.15) is 0 Å². The van der Waals surface area contributed by atoms with Crippen LogP contribution >= 0.6 is 0 Å². The maximum absolute atomic E-state index is 11.2. The Labute approximate surface area is 89.5 Å². The molecule has 1 aliphatic carbocycles. The Hall–Kier alpha value is -1.32. The van der Waals surface area contributed by atoms with E-state index in [0.29, 0.717) is 5.57 Å². The molecule has 4 nitrogen and oxygen atoms in total. The molecule has 15 heavy (non-hydrogen) atoms. The van der Waals surface area contributed by atoms with Crippen molar-refractivity contribution < 1.29 is 14.3 Å². The van der Waals surface area contributed by atoms with E-state index in [0.717, 1.165) is 25.7 Å². The van der Waals surface area contributed by atoms with Gasteiger partial charge in [-0.15, -0.1) is 0 Å². The first-order valence-corrected chi connectivity index (χ1v) is 5.24. The van der Waals surface area contributed by atoms with Gasteiger partial charge in [-0.1, -0.05) is 19.3 Å². The number of ether oxygens (including phenoxy) is 1. The molecule has 4 heteroatoms. The fraction of sp³-hybridized carbons (Fsp3) is 0.636. The van der Waals surface area contributed by atoms with Crippen molar-refractivity contribution in [3.8, 4) is 0 Å². The molecule has 1 saturated carbocycles. The quantitative estimate of drug-likeness (QED) is 0.562. The molecular formula is C11H17NO3. The molecule has 0 saturated heterocycles. The summed E-state index contributed by atoms with van der Waals surface area (Å²) in [6, 6.07) is 0. The van der Waals surface area contributed by atoms with Gasteiger partial charge in [-0.3, -0.25) is 4.79 Å². The van der Waals surface area contributed by atoms with Gasteiger partial charge in [0, 0.05) is 11.6 Å². The molecular weight excluding hydrogens is 194 g/mol. The Bertz CT molecular complexity index is 278. The van der Waals surface area contributed by atoms with Crippen molar-refractivity contribution in [1.82, 2.24) is 0 Å². The lowest BCUT2D eigenvalue weighted by molar-refractivity contribution is -0.135. The SMILES string of the molecule is COC(=O)/C=C(\C(N)=O)C1CCCCC1. The van der Waals surface area contributed by atoms with Crippen LogP contribution < -0.4 is 5.73 Å². The molecule has 0 radical (unpaired) electrons. The molecule has 1 rings (SSSR count). The first kappa shape index (κ1) is 11.8. The van der Waals surface area contributed by atoms with E-state index in [4.69, 9.17) is 5.73 Å². The summed E-state index contributed by atoms with van der Waals surface area (Å²) >= 11 is 0. The number of carbonyl (C=O) groups is 2. The van der Waals surface area contributed by atoms with Crippen molar-refractivity contribution >= 4 is 11.9 Å². The van der Waals surface area contributed by atoms with Gasteiger partial charge in [-0.05, 0) is 18.8 Å². The van der Waals surface area contributed by atoms with Crippen LogP contribution in [0.4, 0.5) is 0 Å². The highest BCUT2D eigenvalue weighted by Gasteiger charge is 2.22. The van der Waals surface area contributed by atoms with E-state index in [-0.39, 0.29) is 5.92 Å². The summed E-state index contributed by atoms with van der Waals surface area (Å²) in [6.07, 6.45) is 6.49. The number of hydrogen-bond donors (Lipinski definition) is 1. The summed E-state index contributed by atoms with van der Waals surface area (Å²) in [4.78, 5) is 22.3. The minimum absolute atomic E-state index is 0.135. The van der Waals surface area contributed by atoms with Gasteiger partial charge in [-0.25, -0.2) is 4.79 Å². The van der Waals surface area contributed by atoms with Gasteiger partial charge in [0.15, 0.2) is 0 Å². The predicted molar refractivity (Wildman–Crippen MR) is 55.9 cm³/mol. The van der Waals surface area contributed by atoms with Gasteiger partial charge in [0.2, 0.25) is 5.91 Å². The van der Waals surface area contributed by atoms with Crippen LogP contribution in [0.15, 0.2) is 11.6 Å². The highest BCUT2D eigenvalue weighted by atomic mass is 16.5. The molecule has 0 atom stereocenters. The second-order valence-corrected chi connectivity index (χ2v) is 3.82. The van der Waals surface area contributed by atoms with Crippen molar-refractivity contribution in [2.24, 2.45) is 11.7 Å². The van der Waals surface area contributed by atoms with Gasteiger partial charge < -0.3 is 10.5 Å². The minimum atomic E-state index is -0.507. The van der Waals surface area contributed by atoms with Crippen LogP contribution in [0.25, 0.3) is 0 Å². The van der Waals surface area contributed by atoms with Crippen LogP contribution in [-0.4, -0.2) is 19.0 Å². The third-order valence-electron chi connectivity index (χ3n) is 2.80. The van der Waals surface area contributed by atoms with Crippen LogP contribution in [-0.2, 0) is 14.3 Å². The van der Waals surface area contributed by atoms with Crippen molar-refractivity contribution in [3.05, 3.63) is 11.6 Å². The van der Waals surface area contributed by atoms with E-state index >= 15 is 0 Å². The van der Waals surface area contributed by atoms with Gasteiger partial charge in [0.1, 0.15) is 0 Å². The summed E-state index contributed by atoms with van der Waals surface area (Å²) in [7, 11) is 1.29. The highest BCUT2D eigenvalue weighted by Crippen LogP contribution is 2.29. The van der Waals surface area contributed by atoms with Crippen molar-refractivity contribution in [1.29, 1.82) is 0 Å². The topological polar surface area (TPSA) is 69.4 Å². The van der Waals surface area contributed by atoms with E-state index in [1.54, 1.807) is 0 Å².